The lowest BCUT2D eigenvalue weighted by Gasteiger charge is -2.22. The lowest BCUT2D eigenvalue weighted by atomic mass is 10.1. The molecular formula is C19H19N7O7S2. The van der Waals surface area contributed by atoms with Gasteiger partial charge in [0, 0.05) is 18.8 Å². The molecule has 4 N–H and O–H groups in total. The molecule has 35 heavy (non-hydrogen) atoms. The number of benzene rings is 1. The van der Waals surface area contributed by atoms with E-state index in [0.717, 1.165) is 0 Å². The fourth-order valence-corrected chi connectivity index (χ4v) is 4.26. The molecule has 2 amide bonds. The number of aliphatic carboxylic acids is 1. The molecule has 1 aliphatic rings. The van der Waals surface area contributed by atoms with Crippen LogP contribution in [0.4, 0.5) is 5.82 Å². The summed E-state index contributed by atoms with van der Waals surface area (Å²) < 4.78 is 29.0. The van der Waals surface area contributed by atoms with E-state index in [-0.39, 0.29) is 17.1 Å². The van der Waals surface area contributed by atoms with Gasteiger partial charge in [0.2, 0.25) is 10.0 Å². The van der Waals surface area contributed by atoms with Crippen molar-refractivity contribution in [3.63, 3.8) is 0 Å². The fourth-order valence-electron chi connectivity index (χ4n) is 3.17. The van der Waals surface area contributed by atoms with Crippen molar-refractivity contribution in [1.29, 1.82) is 0 Å². The second kappa shape index (κ2) is 9.49. The zero-order valence-electron chi connectivity index (χ0n) is 18.0. The number of likely N-dealkylation sites (N-methyl/N-ethyl adjacent to an activating group) is 1. The number of anilines is 1. The van der Waals surface area contributed by atoms with Gasteiger partial charge in [0.15, 0.2) is 18.0 Å². The highest BCUT2D eigenvalue weighted by atomic mass is 32.2. The van der Waals surface area contributed by atoms with Crippen molar-refractivity contribution < 1.29 is 32.6 Å². The first-order chi connectivity index (χ1) is 16.5. The molecule has 3 heterocycles. The number of carbonyl (C=O) groups is 3. The molecule has 16 heteroatoms. The van der Waals surface area contributed by atoms with Crippen LogP contribution in [0.25, 0.3) is 5.69 Å². The molecule has 0 saturated carbocycles. The Morgan fingerprint density at radius 2 is 2.00 bits per heavy atom. The van der Waals surface area contributed by atoms with Gasteiger partial charge in [-0.25, -0.2) is 28.0 Å². The predicted molar refractivity (Wildman–Crippen MR) is 120 cm³/mol. The molecule has 3 aromatic rings. The van der Waals surface area contributed by atoms with E-state index < -0.39 is 46.1 Å². The zero-order valence-corrected chi connectivity index (χ0v) is 19.6. The van der Waals surface area contributed by atoms with Gasteiger partial charge in [0.25, 0.3) is 11.8 Å². The molecule has 0 aliphatic carbocycles. The normalized spacial score (nSPS) is 18.0. The van der Waals surface area contributed by atoms with Crippen LogP contribution in [0.15, 0.2) is 46.2 Å². The van der Waals surface area contributed by atoms with E-state index in [4.69, 9.17) is 15.0 Å². The lowest BCUT2D eigenvalue weighted by molar-refractivity contribution is -0.138. The Bertz CT molecular complexity index is 1360. The van der Waals surface area contributed by atoms with Crippen LogP contribution in [0.1, 0.15) is 5.69 Å². The first kappa shape index (κ1) is 24.4. The topological polar surface area (TPSA) is 203 Å². The van der Waals surface area contributed by atoms with E-state index >= 15 is 0 Å². The third-order valence-electron chi connectivity index (χ3n) is 5.09. The molecule has 0 bridgehead atoms. The first-order valence-corrected chi connectivity index (χ1v) is 12.4. The van der Waals surface area contributed by atoms with Gasteiger partial charge in [-0.2, -0.15) is 0 Å². The van der Waals surface area contributed by atoms with Crippen LogP contribution in [0.5, 0.6) is 0 Å². The summed E-state index contributed by atoms with van der Waals surface area (Å²) in [4.78, 5) is 41.9. The van der Waals surface area contributed by atoms with Crippen LogP contribution in [0.2, 0.25) is 0 Å². The number of sulfonamides is 1. The van der Waals surface area contributed by atoms with E-state index in [2.05, 4.69) is 20.6 Å². The summed E-state index contributed by atoms with van der Waals surface area (Å²) in [7, 11) is -2.41. The maximum absolute atomic E-state index is 13.2. The molecule has 0 spiro atoms. The summed E-state index contributed by atoms with van der Waals surface area (Å²) in [5, 5.41) is 26.3. The quantitative estimate of drug-likeness (QED) is 0.290. The number of nitrogens with two attached hydrogens (primary N) is 1. The predicted octanol–water partition coefficient (Wildman–Crippen LogP) is -1.09. The van der Waals surface area contributed by atoms with Gasteiger partial charge >= 0.3 is 5.97 Å². The molecule has 184 valence electrons. The van der Waals surface area contributed by atoms with Crippen molar-refractivity contribution >= 4 is 45.0 Å². The average Bonchev–Trinajstić information content (AvgIpc) is 3.21. The van der Waals surface area contributed by atoms with Crippen LogP contribution in [0.3, 0.4) is 0 Å². The lowest BCUT2D eigenvalue weighted by Crippen LogP contribution is -2.50. The number of carboxylic acids is 1. The minimum absolute atomic E-state index is 0.0615. The maximum atomic E-state index is 13.2. The van der Waals surface area contributed by atoms with Gasteiger partial charge < -0.3 is 15.2 Å². The molecule has 0 unspecified atom stereocenters. The Morgan fingerprint density at radius 3 is 2.57 bits per heavy atom. The number of nitrogens with one attached hydrogen (secondary N) is 1. The summed E-state index contributed by atoms with van der Waals surface area (Å²) in [5.74, 6) is -2.39. The molecule has 1 aromatic carbocycles. The Morgan fingerprint density at radius 1 is 1.29 bits per heavy atom. The number of hydrogen-bond donors (Lipinski definition) is 3. The minimum atomic E-state index is -3.85. The molecule has 1 fully saturated rings. The number of ether oxygens (including phenoxy) is 1. The van der Waals surface area contributed by atoms with Crippen molar-refractivity contribution in [3.8, 4) is 5.69 Å². The van der Waals surface area contributed by atoms with E-state index in [0.29, 0.717) is 11.4 Å². The summed E-state index contributed by atoms with van der Waals surface area (Å²) in [6.45, 7) is 0. The Hall–Kier alpha value is -3.73. The minimum Gasteiger partial charge on any atom is -0.479 e. The van der Waals surface area contributed by atoms with Crippen LogP contribution in [-0.4, -0.2) is 76.6 Å². The highest BCUT2D eigenvalue weighted by molar-refractivity contribution is 7.89. The Labute approximate surface area is 202 Å². The SMILES string of the molecule is CN(C(=O)[C@H](Cc1cscn1)NC(=O)[C@H]1O[C@@H]1C(=O)O)c1cn(-c2ccc(S(N)(=O)=O)cc2)nn1. The van der Waals surface area contributed by atoms with Crippen molar-refractivity contribution in [3.05, 3.63) is 47.0 Å². The van der Waals surface area contributed by atoms with E-state index in [1.807, 2.05) is 0 Å². The highest BCUT2D eigenvalue weighted by Gasteiger charge is 2.51. The fraction of sp³-hybridized carbons (Fsp3) is 0.263. The molecule has 3 atom stereocenters. The smallest absolute Gasteiger partial charge is 0.336 e. The monoisotopic (exact) mass is 521 g/mol. The van der Waals surface area contributed by atoms with Crippen LogP contribution >= 0.6 is 11.3 Å². The standard InChI is InChI=1S/C19H19N7O7S2/c1-25(14-7-26(24-23-14)11-2-4-12(5-3-11)35(20,31)32)18(28)13(6-10-8-34-9-21-10)22-17(27)15-16(33-15)19(29)30/h2-5,7-9,13,15-16H,6H2,1H3,(H,22,27)(H,29,30)(H2,20,31,32)/t13-,15-,16-/m0/s1. The number of epoxide rings is 1. The second-order valence-corrected chi connectivity index (χ2v) is 9.80. The van der Waals surface area contributed by atoms with Crippen LogP contribution < -0.4 is 15.4 Å². The van der Waals surface area contributed by atoms with Crippen LogP contribution in [-0.2, 0) is 35.6 Å². The largest absolute Gasteiger partial charge is 0.479 e. The highest BCUT2D eigenvalue weighted by Crippen LogP contribution is 2.23. The molecule has 2 aromatic heterocycles. The zero-order chi connectivity index (χ0) is 25.3. The maximum Gasteiger partial charge on any atom is 0.336 e. The van der Waals surface area contributed by atoms with Crippen molar-refractivity contribution in [2.45, 2.75) is 29.6 Å². The number of nitrogens with zero attached hydrogens (tertiary/aromatic N) is 5. The molecular weight excluding hydrogens is 502 g/mol. The summed E-state index contributed by atoms with van der Waals surface area (Å²) in [6, 6.07) is 4.49. The van der Waals surface area contributed by atoms with Crippen molar-refractivity contribution in [2.75, 3.05) is 11.9 Å². The van der Waals surface area contributed by atoms with Gasteiger partial charge in [-0.15, -0.1) is 16.4 Å². The van der Waals surface area contributed by atoms with E-state index in [1.165, 1.54) is 58.4 Å². The molecule has 0 radical (unpaired) electrons. The number of amides is 2. The van der Waals surface area contributed by atoms with Crippen molar-refractivity contribution in [1.82, 2.24) is 25.3 Å². The molecule has 1 aliphatic heterocycles. The van der Waals surface area contributed by atoms with E-state index in [1.54, 1.807) is 10.9 Å². The van der Waals surface area contributed by atoms with Gasteiger partial charge in [0.1, 0.15) is 6.04 Å². The number of carbonyl (C=O) groups excluding carboxylic acids is 2. The molecule has 14 nitrogen and oxygen atoms in total. The number of thiazole rings is 1. The molecule has 1 saturated heterocycles. The van der Waals surface area contributed by atoms with Gasteiger partial charge in [-0.3, -0.25) is 14.5 Å². The Kier molecular flexibility index (Phi) is 6.62. The number of hydrogen-bond acceptors (Lipinski definition) is 10. The second-order valence-electron chi connectivity index (χ2n) is 7.52. The summed E-state index contributed by atoms with van der Waals surface area (Å²) in [6.07, 6.45) is -0.921. The summed E-state index contributed by atoms with van der Waals surface area (Å²) in [5.41, 5.74) is 2.61. The Balaban J connectivity index is 1.50. The number of rotatable bonds is 9. The van der Waals surface area contributed by atoms with Gasteiger partial charge in [-0.05, 0) is 24.3 Å². The average molecular weight is 522 g/mol. The molecule has 4 rings (SSSR count). The van der Waals surface area contributed by atoms with Gasteiger partial charge in [-0.1, -0.05) is 5.21 Å². The van der Waals surface area contributed by atoms with Crippen molar-refractivity contribution in [2.24, 2.45) is 5.14 Å². The van der Waals surface area contributed by atoms with E-state index in [9.17, 15) is 22.8 Å². The first-order valence-electron chi connectivity index (χ1n) is 9.93. The third kappa shape index (κ3) is 5.51. The number of carboxylic acid groups (broad SMARTS) is 1. The summed E-state index contributed by atoms with van der Waals surface area (Å²) >= 11 is 1.32. The third-order valence-corrected chi connectivity index (χ3v) is 6.65. The van der Waals surface area contributed by atoms with Gasteiger partial charge in [0.05, 0.1) is 28.0 Å². The number of aromatic nitrogens is 4. The number of primary sulfonamides is 1. The van der Waals surface area contributed by atoms with Crippen LogP contribution in [0, 0.1) is 0 Å².